The lowest BCUT2D eigenvalue weighted by molar-refractivity contribution is -0.114. The summed E-state index contributed by atoms with van der Waals surface area (Å²) in [6, 6.07) is 4.54. The number of amides is 1. The van der Waals surface area contributed by atoms with E-state index in [0.29, 0.717) is 5.75 Å². The number of nitrogens with one attached hydrogen (secondary N) is 1. The van der Waals surface area contributed by atoms with Crippen molar-refractivity contribution in [2.75, 3.05) is 5.32 Å². The van der Waals surface area contributed by atoms with Crippen molar-refractivity contribution in [1.29, 1.82) is 0 Å². The average Bonchev–Trinajstić information content (AvgIpc) is 2.18. The van der Waals surface area contributed by atoms with E-state index in [-0.39, 0.29) is 23.3 Å². The lowest BCUT2D eigenvalue weighted by Crippen LogP contribution is -2.12. The molecule has 0 aromatic heterocycles. The molecule has 92 valence electrons. The minimum atomic E-state index is -1.11. The van der Waals surface area contributed by atoms with Crippen LogP contribution in [0, 0.1) is 0 Å². The van der Waals surface area contributed by atoms with Gasteiger partial charge in [-0.3, -0.25) is 4.79 Å². The maximum absolute atomic E-state index is 11.0. The SMILES string of the molecule is CC(=O)Nc1ccc(OC(C)C)cc1C(=O)O. The first kappa shape index (κ1) is 13.0. The van der Waals surface area contributed by atoms with Crippen molar-refractivity contribution in [2.45, 2.75) is 26.9 Å². The van der Waals surface area contributed by atoms with Gasteiger partial charge >= 0.3 is 5.97 Å². The lowest BCUT2D eigenvalue weighted by atomic mass is 10.1. The number of aromatic carboxylic acids is 1. The van der Waals surface area contributed by atoms with Crippen LogP contribution in [0.4, 0.5) is 5.69 Å². The van der Waals surface area contributed by atoms with E-state index in [0.717, 1.165) is 0 Å². The highest BCUT2D eigenvalue weighted by Gasteiger charge is 2.13. The zero-order chi connectivity index (χ0) is 13.0. The summed E-state index contributed by atoms with van der Waals surface area (Å²) in [5, 5.41) is 11.5. The number of anilines is 1. The number of hydrogen-bond donors (Lipinski definition) is 2. The summed E-state index contributed by atoms with van der Waals surface area (Å²) in [6.07, 6.45) is -0.0386. The van der Waals surface area contributed by atoms with E-state index < -0.39 is 5.97 Å². The van der Waals surface area contributed by atoms with Crippen molar-refractivity contribution in [3.63, 3.8) is 0 Å². The van der Waals surface area contributed by atoms with Crippen molar-refractivity contribution in [2.24, 2.45) is 0 Å². The maximum atomic E-state index is 11.0. The molecule has 0 aliphatic heterocycles. The zero-order valence-electron chi connectivity index (χ0n) is 9.98. The normalized spacial score (nSPS) is 10.1. The van der Waals surface area contributed by atoms with Crippen LogP contribution in [0.3, 0.4) is 0 Å². The van der Waals surface area contributed by atoms with Gasteiger partial charge in [0.25, 0.3) is 0 Å². The summed E-state index contributed by atoms with van der Waals surface area (Å²) in [5.41, 5.74) is 0.277. The summed E-state index contributed by atoms with van der Waals surface area (Å²) in [5.74, 6) is -0.959. The first-order valence-corrected chi connectivity index (χ1v) is 5.21. The monoisotopic (exact) mass is 237 g/mol. The van der Waals surface area contributed by atoms with E-state index in [1.807, 2.05) is 13.8 Å². The molecule has 17 heavy (non-hydrogen) atoms. The van der Waals surface area contributed by atoms with E-state index in [4.69, 9.17) is 9.84 Å². The van der Waals surface area contributed by atoms with Gasteiger partial charge in [0, 0.05) is 6.92 Å². The van der Waals surface area contributed by atoms with Crippen molar-refractivity contribution < 1.29 is 19.4 Å². The minimum Gasteiger partial charge on any atom is -0.491 e. The van der Waals surface area contributed by atoms with Crippen LogP contribution < -0.4 is 10.1 Å². The van der Waals surface area contributed by atoms with E-state index in [1.54, 1.807) is 6.07 Å². The Kier molecular flexibility index (Phi) is 4.09. The molecule has 5 nitrogen and oxygen atoms in total. The molecule has 0 radical (unpaired) electrons. The van der Waals surface area contributed by atoms with Gasteiger partial charge < -0.3 is 15.2 Å². The average molecular weight is 237 g/mol. The minimum absolute atomic E-state index is 0.0124. The Labute approximate surface area is 99.4 Å². The molecule has 1 aromatic carbocycles. The lowest BCUT2D eigenvalue weighted by Gasteiger charge is -2.12. The van der Waals surface area contributed by atoms with E-state index in [1.165, 1.54) is 19.1 Å². The highest BCUT2D eigenvalue weighted by molar-refractivity contribution is 6.00. The van der Waals surface area contributed by atoms with Crippen LogP contribution in [0.15, 0.2) is 18.2 Å². The smallest absolute Gasteiger partial charge is 0.337 e. The number of hydrogen-bond acceptors (Lipinski definition) is 3. The predicted octanol–water partition coefficient (Wildman–Crippen LogP) is 2.13. The van der Waals surface area contributed by atoms with Gasteiger partial charge in [0.05, 0.1) is 17.4 Å². The molecule has 1 aromatic rings. The predicted molar refractivity (Wildman–Crippen MR) is 63.5 cm³/mol. The van der Waals surface area contributed by atoms with Crippen LogP contribution in [0.1, 0.15) is 31.1 Å². The van der Waals surface area contributed by atoms with Gasteiger partial charge in [-0.25, -0.2) is 4.79 Å². The number of carbonyl (C=O) groups is 2. The van der Waals surface area contributed by atoms with Crippen molar-refractivity contribution in [1.82, 2.24) is 0 Å². The number of benzene rings is 1. The van der Waals surface area contributed by atoms with Crippen LogP contribution in [0.5, 0.6) is 5.75 Å². The molecule has 0 aliphatic carbocycles. The van der Waals surface area contributed by atoms with Gasteiger partial charge in [-0.15, -0.1) is 0 Å². The second kappa shape index (κ2) is 5.34. The number of carboxylic acids is 1. The third kappa shape index (κ3) is 3.79. The van der Waals surface area contributed by atoms with Crippen LogP contribution in [0.2, 0.25) is 0 Å². The van der Waals surface area contributed by atoms with Crippen molar-refractivity contribution in [3.05, 3.63) is 23.8 Å². The second-order valence-electron chi connectivity index (χ2n) is 3.86. The Morgan fingerprint density at radius 1 is 1.35 bits per heavy atom. The van der Waals surface area contributed by atoms with Gasteiger partial charge in [-0.1, -0.05) is 0 Å². The van der Waals surface area contributed by atoms with E-state index >= 15 is 0 Å². The maximum Gasteiger partial charge on any atom is 0.337 e. The fourth-order valence-corrected chi connectivity index (χ4v) is 1.34. The third-order valence-corrected chi connectivity index (χ3v) is 1.90. The molecule has 0 unspecified atom stereocenters. The first-order valence-electron chi connectivity index (χ1n) is 5.21. The molecular weight excluding hydrogens is 222 g/mol. The van der Waals surface area contributed by atoms with Crippen LogP contribution >= 0.6 is 0 Å². The molecule has 0 spiro atoms. The molecule has 0 saturated carbocycles. The quantitative estimate of drug-likeness (QED) is 0.841. The number of ether oxygens (including phenoxy) is 1. The highest BCUT2D eigenvalue weighted by Crippen LogP contribution is 2.23. The van der Waals surface area contributed by atoms with Gasteiger partial charge in [0.15, 0.2) is 0 Å². The van der Waals surface area contributed by atoms with E-state index in [2.05, 4.69) is 5.32 Å². The van der Waals surface area contributed by atoms with Gasteiger partial charge in [0.1, 0.15) is 5.75 Å². The molecule has 0 atom stereocenters. The highest BCUT2D eigenvalue weighted by atomic mass is 16.5. The molecule has 0 heterocycles. The second-order valence-corrected chi connectivity index (χ2v) is 3.86. The van der Waals surface area contributed by atoms with Gasteiger partial charge in [0.2, 0.25) is 5.91 Å². The van der Waals surface area contributed by atoms with Crippen LogP contribution in [-0.2, 0) is 4.79 Å². The fourth-order valence-electron chi connectivity index (χ4n) is 1.34. The van der Waals surface area contributed by atoms with Crippen molar-refractivity contribution >= 4 is 17.6 Å². The molecule has 2 N–H and O–H groups in total. The Bertz CT molecular complexity index is 440. The summed E-state index contributed by atoms with van der Waals surface area (Å²) in [6.45, 7) is 5.02. The van der Waals surface area contributed by atoms with Crippen LogP contribution in [0.25, 0.3) is 0 Å². The molecule has 1 rings (SSSR count). The Balaban J connectivity index is 3.08. The molecule has 1 amide bonds. The standard InChI is InChI=1S/C12H15NO4/c1-7(2)17-9-4-5-11(13-8(3)14)10(6-9)12(15)16/h4-7H,1-3H3,(H,13,14)(H,15,16). The summed E-state index contributed by atoms with van der Waals surface area (Å²) in [7, 11) is 0. The Hall–Kier alpha value is -2.04. The Morgan fingerprint density at radius 2 is 2.00 bits per heavy atom. The summed E-state index contributed by atoms with van der Waals surface area (Å²) in [4.78, 5) is 21.9. The molecule has 0 aliphatic rings. The summed E-state index contributed by atoms with van der Waals surface area (Å²) < 4.78 is 5.39. The Morgan fingerprint density at radius 3 is 2.47 bits per heavy atom. The third-order valence-electron chi connectivity index (χ3n) is 1.90. The van der Waals surface area contributed by atoms with Crippen LogP contribution in [-0.4, -0.2) is 23.1 Å². The number of carboxylic acid groups (broad SMARTS) is 1. The van der Waals surface area contributed by atoms with Gasteiger partial charge in [-0.2, -0.15) is 0 Å². The van der Waals surface area contributed by atoms with E-state index in [9.17, 15) is 9.59 Å². The number of carbonyl (C=O) groups excluding carboxylic acids is 1. The fraction of sp³-hybridized carbons (Fsp3) is 0.333. The van der Waals surface area contributed by atoms with Gasteiger partial charge in [-0.05, 0) is 32.0 Å². The molecular formula is C12H15NO4. The zero-order valence-corrected chi connectivity index (χ0v) is 9.98. The molecule has 5 heteroatoms. The largest absolute Gasteiger partial charge is 0.491 e. The summed E-state index contributed by atoms with van der Waals surface area (Å²) >= 11 is 0. The number of rotatable bonds is 4. The molecule has 0 saturated heterocycles. The first-order chi connectivity index (χ1) is 7.90. The van der Waals surface area contributed by atoms with Crippen molar-refractivity contribution in [3.8, 4) is 5.75 Å². The molecule has 0 fully saturated rings. The molecule has 0 bridgehead atoms. The topological polar surface area (TPSA) is 75.6 Å².